The molecule has 0 saturated heterocycles. The van der Waals surface area contributed by atoms with Crippen LogP contribution in [0.3, 0.4) is 0 Å². The molecule has 0 unspecified atom stereocenters. The van der Waals surface area contributed by atoms with Gasteiger partial charge in [-0.2, -0.15) is 0 Å². The molecule has 2 aromatic carbocycles. The van der Waals surface area contributed by atoms with Crippen LogP contribution >= 0.6 is 0 Å². The molecule has 2 nitrogen and oxygen atoms in total. The van der Waals surface area contributed by atoms with Crippen molar-refractivity contribution < 1.29 is 13.5 Å². The second kappa shape index (κ2) is 5.61. The van der Waals surface area contributed by atoms with Gasteiger partial charge in [0.05, 0.1) is 11.2 Å². The average Bonchev–Trinajstić information content (AvgIpc) is 2.46. The second-order valence-electron chi connectivity index (χ2n) is 6.39. The van der Waals surface area contributed by atoms with Crippen molar-refractivity contribution in [3.8, 4) is 17.0 Å². The Hall–Kier alpha value is -2.49. The van der Waals surface area contributed by atoms with Crippen LogP contribution in [0, 0.1) is 11.6 Å². The third-order valence-electron chi connectivity index (χ3n) is 3.27. The number of fused-ring (bicyclic) bond motifs is 1. The van der Waals surface area contributed by atoms with E-state index in [4.69, 9.17) is 4.74 Å². The van der Waals surface area contributed by atoms with Gasteiger partial charge in [0.2, 0.25) is 0 Å². The number of hydrogen-bond donors (Lipinski definition) is 0. The van der Waals surface area contributed by atoms with Gasteiger partial charge in [-0.1, -0.05) is 12.1 Å². The zero-order chi connectivity index (χ0) is 16.6. The molecule has 4 heteroatoms. The smallest absolute Gasteiger partial charge is 0.131 e. The lowest BCUT2D eigenvalue weighted by molar-refractivity contribution is 0.133. The molecule has 0 N–H and O–H groups in total. The summed E-state index contributed by atoms with van der Waals surface area (Å²) in [6.07, 6.45) is 0. The monoisotopic (exact) mass is 313 g/mol. The molecule has 23 heavy (non-hydrogen) atoms. The summed E-state index contributed by atoms with van der Waals surface area (Å²) in [4.78, 5) is 4.51. The van der Waals surface area contributed by atoms with Crippen molar-refractivity contribution in [3.63, 3.8) is 0 Å². The lowest BCUT2D eigenvalue weighted by Gasteiger charge is -2.23. The fourth-order valence-corrected chi connectivity index (χ4v) is 2.38. The minimum atomic E-state index is -0.445. The molecule has 0 bridgehead atoms. The maximum Gasteiger partial charge on any atom is 0.131 e. The molecule has 0 spiro atoms. The summed E-state index contributed by atoms with van der Waals surface area (Å²) >= 11 is 0. The fourth-order valence-electron chi connectivity index (χ4n) is 2.38. The first kappa shape index (κ1) is 15.4. The highest BCUT2D eigenvalue weighted by atomic mass is 19.1. The number of benzene rings is 2. The van der Waals surface area contributed by atoms with Crippen LogP contribution in [0.5, 0.6) is 5.75 Å². The Morgan fingerprint density at radius 3 is 2.35 bits per heavy atom. The maximum atomic E-state index is 13.6. The lowest BCUT2D eigenvalue weighted by Crippen LogP contribution is -2.23. The molecule has 0 atom stereocenters. The molecular weight excluding hydrogens is 296 g/mol. The number of nitrogens with zero attached hydrogens (tertiary/aromatic N) is 1. The fraction of sp³-hybridized carbons (Fsp3) is 0.211. The Morgan fingerprint density at radius 2 is 1.65 bits per heavy atom. The Bertz CT molecular complexity index is 869. The van der Waals surface area contributed by atoms with Gasteiger partial charge in [0.15, 0.2) is 0 Å². The Labute approximate surface area is 133 Å². The largest absolute Gasteiger partial charge is 0.487 e. The Balaban J connectivity index is 2.23. The van der Waals surface area contributed by atoms with Crippen molar-refractivity contribution in [1.82, 2.24) is 4.98 Å². The van der Waals surface area contributed by atoms with Crippen molar-refractivity contribution in [2.75, 3.05) is 0 Å². The van der Waals surface area contributed by atoms with Gasteiger partial charge in [0.1, 0.15) is 23.0 Å². The summed E-state index contributed by atoms with van der Waals surface area (Å²) in [5.41, 5.74) is 1.39. The summed E-state index contributed by atoms with van der Waals surface area (Å²) < 4.78 is 33.0. The Morgan fingerprint density at radius 1 is 0.913 bits per heavy atom. The first-order chi connectivity index (χ1) is 10.8. The summed E-state index contributed by atoms with van der Waals surface area (Å²) in [7, 11) is 0. The lowest BCUT2D eigenvalue weighted by atomic mass is 10.1. The topological polar surface area (TPSA) is 22.1 Å². The van der Waals surface area contributed by atoms with E-state index in [9.17, 15) is 8.78 Å². The second-order valence-corrected chi connectivity index (χ2v) is 6.39. The minimum Gasteiger partial charge on any atom is -0.487 e. The molecule has 0 aliphatic carbocycles. The van der Waals surface area contributed by atoms with Crippen LogP contribution in [0.15, 0.2) is 48.5 Å². The van der Waals surface area contributed by atoms with Crippen LogP contribution < -0.4 is 4.74 Å². The number of halogens is 2. The van der Waals surface area contributed by atoms with E-state index in [0.29, 0.717) is 27.9 Å². The van der Waals surface area contributed by atoms with Gasteiger partial charge < -0.3 is 4.74 Å². The molecule has 0 saturated carbocycles. The van der Waals surface area contributed by atoms with Gasteiger partial charge in [-0.15, -0.1) is 0 Å². The number of pyridine rings is 1. The minimum absolute atomic E-state index is 0.332. The molecule has 3 aromatic rings. The van der Waals surface area contributed by atoms with Gasteiger partial charge in [-0.3, -0.25) is 0 Å². The number of hydrogen-bond acceptors (Lipinski definition) is 2. The maximum absolute atomic E-state index is 13.6. The quantitative estimate of drug-likeness (QED) is 0.635. The van der Waals surface area contributed by atoms with Gasteiger partial charge >= 0.3 is 0 Å². The summed E-state index contributed by atoms with van der Waals surface area (Å²) in [6, 6.07) is 12.3. The highest BCUT2D eigenvalue weighted by molar-refractivity contribution is 5.88. The van der Waals surface area contributed by atoms with Gasteiger partial charge in [0, 0.05) is 17.0 Å². The third-order valence-corrected chi connectivity index (χ3v) is 3.27. The summed E-state index contributed by atoms with van der Waals surface area (Å²) in [6.45, 7) is 5.75. The van der Waals surface area contributed by atoms with Gasteiger partial charge in [-0.05, 0) is 51.1 Å². The van der Waals surface area contributed by atoms with Crippen LogP contribution in [-0.2, 0) is 0 Å². The van der Waals surface area contributed by atoms with E-state index >= 15 is 0 Å². The van der Waals surface area contributed by atoms with E-state index in [1.54, 1.807) is 24.3 Å². The molecule has 0 fully saturated rings. The molecule has 1 aromatic heterocycles. The predicted molar refractivity (Wildman–Crippen MR) is 87.5 cm³/mol. The first-order valence-electron chi connectivity index (χ1n) is 7.37. The summed E-state index contributed by atoms with van der Waals surface area (Å²) in [5, 5.41) is 0.597. The van der Waals surface area contributed by atoms with Crippen molar-refractivity contribution >= 4 is 10.9 Å². The van der Waals surface area contributed by atoms with Crippen molar-refractivity contribution in [1.29, 1.82) is 0 Å². The van der Waals surface area contributed by atoms with Gasteiger partial charge in [-0.25, -0.2) is 13.8 Å². The molecule has 1 heterocycles. The van der Waals surface area contributed by atoms with E-state index in [-0.39, 0.29) is 11.6 Å². The molecule has 0 aliphatic rings. The molecular formula is C19H17F2NO. The number of aromatic nitrogens is 1. The van der Waals surface area contributed by atoms with Crippen molar-refractivity contribution in [2.24, 2.45) is 0 Å². The van der Waals surface area contributed by atoms with Crippen LogP contribution in [-0.4, -0.2) is 10.6 Å². The first-order valence-corrected chi connectivity index (χ1v) is 7.37. The molecule has 0 amide bonds. The predicted octanol–water partition coefficient (Wildman–Crippen LogP) is 5.36. The van der Waals surface area contributed by atoms with E-state index in [1.807, 2.05) is 20.8 Å². The number of rotatable bonds is 2. The van der Waals surface area contributed by atoms with E-state index in [1.165, 1.54) is 24.3 Å². The highest BCUT2D eigenvalue weighted by Gasteiger charge is 2.16. The molecule has 3 rings (SSSR count). The highest BCUT2D eigenvalue weighted by Crippen LogP contribution is 2.32. The van der Waals surface area contributed by atoms with Crippen LogP contribution in [0.4, 0.5) is 8.78 Å². The molecule has 0 aliphatic heterocycles. The van der Waals surface area contributed by atoms with Crippen LogP contribution in [0.25, 0.3) is 22.2 Å². The standard InChI is InChI=1S/C19H17F2NO/c1-19(2,3)23-18-11-17(12-5-4-6-13(20)9-12)22-16-8-7-14(21)10-15(16)18/h4-11H,1-3H3. The van der Waals surface area contributed by atoms with E-state index in [2.05, 4.69) is 4.98 Å². The normalized spacial score (nSPS) is 11.7. The molecule has 118 valence electrons. The number of ether oxygens (including phenoxy) is 1. The van der Waals surface area contributed by atoms with Gasteiger partial charge in [0.25, 0.3) is 0 Å². The SMILES string of the molecule is CC(C)(C)Oc1cc(-c2cccc(F)c2)nc2ccc(F)cc12. The zero-order valence-electron chi connectivity index (χ0n) is 13.2. The third kappa shape index (κ3) is 3.47. The van der Waals surface area contributed by atoms with Crippen LogP contribution in [0.1, 0.15) is 20.8 Å². The van der Waals surface area contributed by atoms with E-state index in [0.717, 1.165) is 0 Å². The van der Waals surface area contributed by atoms with E-state index < -0.39 is 5.60 Å². The zero-order valence-corrected chi connectivity index (χ0v) is 13.2. The Kier molecular flexibility index (Phi) is 3.76. The van der Waals surface area contributed by atoms with Crippen molar-refractivity contribution in [3.05, 3.63) is 60.2 Å². The van der Waals surface area contributed by atoms with Crippen molar-refractivity contribution in [2.45, 2.75) is 26.4 Å². The molecule has 0 radical (unpaired) electrons. The van der Waals surface area contributed by atoms with Crippen LogP contribution in [0.2, 0.25) is 0 Å². The average molecular weight is 313 g/mol. The summed E-state index contributed by atoms with van der Waals surface area (Å²) in [5.74, 6) is -0.153.